The van der Waals surface area contributed by atoms with E-state index in [9.17, 15) is 9.59 Å². The monoisotopic (exact) mass is 295 g/mol. The molecular weight excluding hydrogens is 278 g/mol. The number of rotatable bonds is 3. The molecule has 0 aliphatic rings. The molecule has 3 rings (SSSR count). The van der Waals surface area contributed by atoms with E-state index < -0.39 is 5.91 Å². The predicted octanol–water partition coefficient (Wildman–Crippen LogP) is 2.19. The van der Waals surface area contributed by atoms with Gasteiger partial charge >= 0.3 is 0 Å². The summed E-state index contributed by atoms with van der Waals surface area (Å²) in [5.74, 6) is -0.458. The van der Waals surface area contributed by atoms with E-state index >= 15 is 0 Å². The molecule has 22 heavy (non-hydrogen) atoms. The molecule has 0 fully saturated rings. The van der Waals surface area contributed by atoms with Crippen LogP contribution in [0.5, 0.6) is 0 Å². The second kappa shape index (κ2) is 5.18. The number of nitrogens with two attached hydrogens (primary N) is 1. The predicted molar refractivity (Wildman–Crippen MR) is 86.9 cm³/mol. The first-order valence-electron chi connectivity index (χ1n) is 7.12. The third-order valence-corrected chi connectivity index (χ3v) is 3.93. The van der Waals surface area contributed by atoms with Crippen LogP contribution in [-0.4, -0.2) is 15.5 Å². The van der Waals surface area contributed by atoms with Crippen LogP contribution in [0.1, 0.15) is 22.8 Å². The van der Waals surface area contributed by atoms with Crippen molar-refractivity contribution in [3.63, 3.8) is 0 Å². The number of pyridine rings is 1. The van der Waals surface area contributed by atoms with Gasteiger partial charge in [-0.2, -0.15) is 0 Å². The second-order valence-electron chi connectivity index (χ2n) is 5.33. The smallest absolute Gasteiger partial charge is 0.250 e. The van der Waals surface area contributed by atoms with Crippen LogP contribution in [0, 0.1) is 0 Å². The van der Waals surface area contributed by atoms with E-state index in [1.54, 1.807) is 6.20 Å². The molecule has 0 spiro atoms. The second-order valence-corrected chi connectivity index (χ2v) is 5.33. The van der Waals surface area contributed by atoms with Gasteiger partial charge in [0.2, 0.25) is 5.56 Å². The largest absolute Gasteiger partial charge is 0.366 e. The number of primary amides is 1. The molecule has 0 aliphatic heterocycles. The third kappa shape index (κ3) is 2.20. The van der Waals surface area contributed by atoms with Crippen molar-refractivity contribution in [2.24, 2.45) is 12.8 Å². The Morgan fingerprint density at radius 2 is 2.05 bits per heavy atom. The van der Waals surface area contributed by atoms with Gasteiger partial charge in [0, 0.05) is 30.2 Å². The number of nitrogens with zero attached hydrogens (tertiary/aromatic N) is 1. The van der Waals surface area contributed by atoms with Crippen LogP contribution in [0.15, 0.2) is 41.3 Å². The summed E-state index contributed by atoms with van der Waals surface area (Å²) in [5.41, 5.74) is 9.43. The normalized spacial score (nSPS) is 11.0. The Morgan fingerprint density at radius 1 is 1.27 bits per heavy atom. The maximum absolute atomic E-state index is 11.6. The highest BCUT2D eigenvalue weighted by Crippen LogP contribution is 2.28. The van der Waals surface area contributed by atoms with E-state index in [2.05, 4.69) is 4.98 Å². The van der Waals surface area contributed by atoms with Gasteiger partial charge in [0.25, 0.3) is 5.91 Å². The number of aromatic amines is 1. The van der Waals surface area contributed by atoms with Crippen LogP contribution >= 0.6 is 0 Å². The Bertz CT molecular complexity index is 935. The van der Waals surface area contributed by atoms with Gasteiger partial charge in [0.1, 0.15) is 0 Å². The van der Waals surface area contributed by atoms with Gasteiger partial charge in [-0.1, -0.05) is 19.1 Å². The van der Waals surface area contributed by atoms with Crippen LogP contribution in [0.25, 0.3) is 22.2 Å². The number of amides is 1. The Kier molecular flexibility index (Phi) is 3.33. The van der Waals surface area contributed by atoms with Crippen LogP contribution in [0.2, 0.25) is 0 Å². The molecule has 3 aromatic rings. The average molecular weight is 295 g/mol. The molecule has 0 saturated carbocycles. The number of nitrogens with one attached hydrogen (secondary N) is 1. The molecule has 1 amide bonds. The zero-order chi connectivity index (χ0) is 15.9. The summed E-state index contributed by atoms with van der Waals surface area (Å²) in [6, 6.07) is 9.13. The van der Waals surface area contributed by atoms with E-state index in [-0.39, 0.29) is 5.56 Å². The lowest BCUT2D eigenvalue weighted by atomic mass is 10.0. The third-order valence-electron chi connectivity index (χ3n) is 3.93. The van der Waals surface area contributed by atoms with Crippen molar-refractivity contribution in [3.05, 3.63) is 58.0 Å². The molecule has 1 aromatic carbocycles. The van der Waals surface area contributed by atoms with Gasteiger partial charge < -0.3 is 15.3 Å². The molecule has 0 aliphatic carbocycles. The summed E-state index contributed by atoms with van der Waals surface area (Å²) in [6.07, 6.45) is 2.53. The molecule has 2 heterocycles. The lowest BCUT2D eigenvalue weighted by molar-refractivity contribution is 0.100. The lowest BCUT2D eigenvalue weighted by Crippen LogP contribution is -2.10. The van der Waals surface area contributed by atoms with E-state index in [0.29, 0.717) is 5.56 Å². The van der Waals surface area contributed by atoms with E-state index in [0.717, 1.165) is 34.1 Å². The molecular formula is C17H17N3O2. The Balaban J connectivity index is 2.29. The van der Waals surface area contributed by atoms with Crippen molar-refractivity contribution in [1.82, 2.24) is 9.55 Å². The number of hydrogen-bond acceptors (Lipinski definition) is 2. The molecule has 0 bridgehead atoms. The van der Waals surface area contributed by atoms with E-state index in [4.69, 9.17) is 5.73 Å². The number of aromatic nitrogens is 2. The fraction of sp³-hybridized carbons (Fsp3) is 0.176. The van der Waals surface area contributed by atoms with Gasteiger partial charge in [-0.3, -0.25) is 9.59 Å². The number of hydrogen-bond donors (Lipinski definition) is 2. The van der Waals surface area contributed by atoms with Crippen molar-refractivity contribution >= 4 is 16.8 Å². The summed E-state index contributed by atoms with van der Waals surface area (Å²) in [5, 5.41) is 0.791. The van der Waals surface area contributed by atoms with Crippen LogP contribution in [-0.2, 0) is 13.5 Å². The van der Waals surface area contributed by atoms with Crippen molar-refractivity contribution in [3.8, 4) is 11.3 Å². The summed E-state index contributed by atoms with van der Waals surface area (Å²) in [7, 11) is 1.87. The van der Waals surface area contributed by atoms with Crippen molar-refractivity contribution in [1.29, 1.82) is 0 Å². The summed E-state index contributed by atoms with van der Waals surface area (Å²) >= 11 is 0. The SMILES string of the molecule is CCc1ccc(=O)[nH]c1-c1ccc2c(c1)c(C(N)=O)cn2C. The number of fused-ring (bicyclic) bond motifs is 1. The van der Waals surface area contributed by atoms with Gasteiger partial charge in [-0.15, -0.1) is 0 Å². The quantitative estimate of drug-likeness (QED) is 0.776. The molecule has 0 atom stereocenters. The number of carbonyl (C=O) groups is 1. The Hall–Kier alpha value is -2.82. The van der Waals surface area contributed by atoms with Gasteiger partial charge in [-0.25, -0.2) is 0 Å². The number of benzene rings is 1. The first-order chi connectivity index (χ1) is 10.5. The van der Waals surface area contributed by atoms with E-state index in [1.807, 2.05) is 42.8 Å². The minimum Gasteiger partial charge on any atom is -0.366 e. The lowest BCUT2D eigenvalue weighted by Gasteiger charge is -2.08. The summed E-state index contributed by atoms with van der Waals surface area (Å²) in [6.45, 7) is 2.03. The fourth-order valence-electron chi connectivity index (χ4n) is 2.80. The maximum Gasteiger partial charge on any atom is 0.250 e. The van der Waals surface area contributed by atoms with Crippen molar-refractivity contribution < 1.29 is 4.79 Å². The highest BCUT2D eigenvalue weighted by Gasteiger charge is 2.13. The van der Waals surface area contributed by atoms with Crippen LogP contribution in [0.3, 0.4) is 0 Å². The molecule has 0 unspecified atom stereocenters. The average Bonchev–Trinajstić information content (AvgIpc) is 2.84. The number of carbonyl (C=O) groups excluding carboxylic acids is 1. The Morgan fingerprint density at radius 3 is 2.73 bits per heavy atom. The highest BCUT2D eigenvalue weighted by molar-refractivity contribution is 6.07. The van der Waals surface area contributed by atoms with Crippen LogP contribution < -0.4 is 11.3 Å². The maximum atomic E-state index is 11.6. The number of H-pyrrole nitrogens is 1. The van der Waals surface area contributed by atoms with Crippen molar-refractivity contribution in [2.75, 3.05) is 0 Å². The van der Waals surface area contributed by atoms with E-state index in [1.165, 1.54) is 6.07 Å². The van der Waals surface area contributed by atoms with Gasteiger partial charge in [-0.05, 0) is 29.7 Å². The van der Waals surface area contributed by atoms with Crippen molar-refractivity contribution in [2.45, 2.75) is 13.3 Å². The fourth-order valence-corrected chi connectivity index (χ4v) is 2.80. The molecule has 5 nitrogen and oxygen atoms in total. The number of aryl methyl sites for hydroxylation is 2. The molecule has 112 valence electrons. The zero-order valence-corrected chi connectivity index (χ0v) is 12.5. The molecule has 5 heteroatoms. The highest BCUT2D eigenvalue weighted by atomic mass is 16.1. The minimum atomic E-state index is -0.458. The standard InChI is InChI=1S/C17H17N3O2/c1-3-10-5-7-15(21)19-16(10)11-4-6-14-12(8-11)13(17(18)22)9-20(14)2/h4-9H,3H2,1-2H3,(H2,18,22)(H,19,21). The summed E-state index contributed by atoms with van der Waals surface area (Å²) in [4.78, 5) is 26.1. The topological polar surface area (TPSA) is 80.9 Å². The van der Waals surface area contributed by atoms with Gasteiger partial charge in [0.15, 0.2) is 0 Å². The zero-order valence-electron chi connectivity index (χ0n) is 12.5. The first kappa shape index (κ1) is 14.1. The molecule has 0 saturated heterocycles. The van der Waals surface area contributed by atoms with Crippen LogP contribution in [0.4, 0.5) is 0 Å². The Labute approximate surface area is 127 Å². The summed E-state index contributed by atoms with van der Waals surface area (Å²) < 4.78 is 1.87. The molecule has 0 radical (unpaired) electrons. The van der Waals surface area contributed by atoms with Gasteiger partial charge in [0.05, 0.1) is 11.3 Å². The first-order valence-corrected chi connectivity index (χ1v) is 7.12. The minimum absolute atomic E-state index is 0.143. The molecule has 2 aromatic heterocycles. The molecule has 3 N–H and O–H groups in total.